The van der Waals surface area contributed by atoms with Gasteiger partial charge in [-0.15, -0.1) is 0 Å². The molecule has 1 N–H and O–H groups in total. The quantitative estimate of drug-likeness (QED) is 0.639. The van der Waals surface area contributed by atoms with Crippen LogP contribution in [0.3, 0.4) is 0 Å². The van der Waals surface area contributed by atoms with Crippen LogP contribution in [0.25, 0.3) is 11.0 Å². The van der Waals surface area contributed by atoms with Crippen molar-refractivity contribution in [2.75, 3.05) is 31.1 Å². The molecule has 0 spiro atoms. The molecule has 1 aromatic carbocycles. The fraction of sp³-hybridized carbons (Fsp3) is 0.500. The number of nitro benzene ring substituents is 1. The van der Waals surface area contributed by atoms with Gasteiger partial charge in [-0.2, -0.15) is 0 Å². The Balaban J connectivity index is 1.76. The zero-order valence-corrected chi connectivity index (χ0v) is 10.7. The Morgan fingerprint density at radius 2 is 1.95 bits per heavy atom. The van der Waals surface area contributed by atoms with Crippen molar-refractivity contribution in [2.45, 2.75) is 0 Å². The molecule has 2 atom stereocenters. The summed E-state index contributed by atoms with van der Waals surface area (Å²) in [5, 5.41) is 21.9. The Kier molecular flexibility index (Phi) is 2.40. The van der Waals surface area contributed by atoms with Crippen molar-refractivity contribution >= 4 is 22.4 Å². The van der Waals surface area contributed by atoms with Crippen molar-refractivity contribution in [1.29, 1.82) is 0 Å². The largest absolute Gasteiger partial charge is 0.369 e. The van der Waals surface area contributed by atoms with Crippen molar-refractivity contribution in [2.24, 2.45) is 11.8 Å². The summed E-state index contributed by atoms with van der Waals surface area (Å²) in [6.07, 6.45) is 0. The highest BCUT2D eigenvalue weighted by Gasteiger charge is 2.37. The monoisotopic (exact) mass is 275 g/mol. The molecule has 20 heavy (non-hydrogen) atoms. The second-order valence-corrected chi connectivity index (χ2v) is 5.41. The lowest BCUT2D eigenvalue weighted by Gasteiger charge is -2.19. The van der Waals surface area contributed by atoms with E-state index in [-0.39, 0.29) is 11.2 Å². The molecule has 2 fully saturated rings. The van der Waals surface area contributed by atoms with Crippen molar-refractivity contribution in [3.8, 4) is 0 Å². The summed E-state index contributed by atoms with van der Waals surface area (Å²) < 4.78 is 4.71. The summed E-state index contributed by atoms with van der Waals surface area (Å²) in [6, 6.07) is 3.23. The lowest BCUT2D eigenvalue weighted by atomic mass is 10.0. The number of hydrogen-bond donors (Lipinski definition) is 1. The number of nitrogens with one attached hydrogen (secondary N) is 1. The molecule has 104 valence electrons. The van der Waals surface area contributed by atoms with Gasteiger partial charge >= 0.3 is 5.69 Å². The Bertz CT molecular complexity index is 673. The number of non-ortho nitro benzene ring substituents is 1. The number of nitro groups is 1. The third-order valence-electron chi connectivity index (χ3n) is 4.30. The normalized spacial score (nSPS) is 25.3. The van der Waals surface area contributed by atoms with E-state index in [0.29, 0.717) is 17.4 Å². The molecule has 0 amide bonds. The molecular formula is C12H13N5O3. The van der Waals surface area contributed by atoms with Gasteiger partial charge in [0.05, 0.1) is 10.6 Å². The first kappa shape index (κ1) is 11.6. The predicted octanol–water partition coefficient (Wildman–Crippen LogP) is 0.787. The van der Waals surface area contributed by atoms with Crippen LogP contribution in [0.5, 0.6) is 0 Å². The average molecular weight is 275 g/mol. The summed E-state index contributed by atoms with van der Waals surface area (Å²) >= 11 is 0. The third kappa shape index (κ3) is 1.58. The Labute approximate surface area is 113 Å². The molecule has 0 saturated carbocycles. The molecule has 1 aromatic heterocycles. The number of aromatic nitrogens is 2. The van der Waals surface area contributed by atoms with E-state index >= 15 is 0 Å². The molecular weight excluding hydrogens is 262 g/mol. The summed E-state index contributed by atoms with van der Waals surface area (Å²) in [5.74, 6) is 1.28. The summed E-state index contributed by atoms with van der Waals surface area (Å²) in [6.45, 7) is 3.96. The molecule has 8 nitrogen and oxygen atoms in total. The van der Waals surface area contributed by atoms with Crippen LogP contribution < -0.4 is 10.2 Å². The first-order valence-electron chi connectivity index (χ1n) is 6.59. The molecule has 2 aliphatic heterocycles. The van der Waals surface area contributed by atoms with E-state index in [9.17, 15) is 10.1 Å². The minimum atomic E-state index is -0.459. The third-order valence-corrected chi connectivity index (χ3v) is 4.30. The van der Waals surface area contributed by atoms with Crippen molar-refractivity contribution in [1.82, 2.24) is 15.6 Å². The molecule has 0 radical (unpaired) electrons. The molecule has 0 aliphatic carbocycles. The van der Waals surface area contributed by atoms with Gasteiger partial charge in [-0.25, -0.2) is 4.63 Å². The van der Waals surface area contributed by atoms with E-state index < -0.39 is 4.92 Å². The predicted molar refractivity (Wildman–Crippen MR) is 70.5 cm³/mol. The van der Waals surface area contributed by atoms with Crippen molar-refractivity contribution < 1.29 is 9.55 Å². The van der Waals surface area contributed by atoms with Crippen LogP contribution in [-0.4, -0.2) is 41.4 Å². The van der Waals surface area contributed by atoms with Crippen LogP contribution in [0.2, 0.25) is 0 Å². The van der Waals surface area contributed by atoms with Gasteiger partial charge in [-0.3, -0.25) is 10.1 Å². The van der Waals surface area contributed by atoms with Gasteiger partial charge in [0, 0.05) is 32.2 Å². The van der Waals surface area contributed by atoms with Crippen molar-refractivity contribution in [3.05, 3.63) is 22.2 Å². The summed E-state index contributed by atoms with van der Waals surface area (Å²) in [7, 11) is 0. The lowest BCUT2D eigenvalue weighted by molar-refractivity contribution is -0.383. The van der Waals surface area contributed by atoms with Gasteiger partial charge in [-0.1, -0.05) is 0 Å². The van der Waals surface area contributed by atoms with Gasteiger partial charge in [0.1, 0.15) is 0 Å². The zero-order valence-electron chi connectivity index (χ0n) is 10.7. The maximum Gasteiger partial charge on any atom is 0.300 e. The van der Waals surface area contributed by atoms with Gasteiger partial charge in [0.15, 0.2) is 5.52 Å². The fourth-order valence-corrected chi connectivity index (χ4v) is 3.30. The number of rotatable bonds is 2. The van der Waals surface area contributed by atoms with E-state index in [1.165, 1.54) is 6.07 Å². The van der Waals surface area contributed by atoms with Crippen LogP contribution >= 0.6 is 0 Å². The van der Waals surface area contributed by atoms with E-state index in [1.807, 2.05) is 0 Å². The number of fused-ring (bicyclic) bond motifs is 2. The molecule has 2 aliphatic rings. The molecule has 4 rings (SSSR count). The van der Waals surface area contributed by atoms with Crippen LogP contribution in [0.1, 0.15) is 0 Å². The smallest absolute Gasteiger partial charge is 0.300 e. The van der Waals surface area contributed by atoms with Gasteiger partial charge in [0.2, 0.25) is 5.52 Å². The minimum absolute atomic E-state index is 0.0638. The zero-order chi connectivity index (χ0) is 13.7. The number of nitrogens with zero attached hydrogens (tertiary/aromatic N) is 4. The van der Waals surface area contributed by atoms with E-state index in [1.54, 1.807) is 6.07 Å². The van der Waals surface area contributed by atoms with Crippen LogP contribution in [0.4, 0.5) is 11.4 Å². The molecule has 2 aromatic rings. The van der Waals surface area contributed by atoms with Gasteiger partial charge in [0.25, 0.3) is 0 Å². The molecule has 0 bridgehead atoms. The second kappa shape index (κ2) is 4.14. The van der Waals surface area contributed by atoms with Crippen LogP contribution in [-0.2, 0) is 0 Å². The maximum absolute atomic E-state index is 11.0. The minimum Gasteiger partial charge on any atom is -0.369 e. The number of benzene rings is 1. The Morgan fingerprint density at radius 3 is 2.65 bits per heavy atom. The summed E-state index contributed by atoms with van der Waals surface area (Å²) in [5.41, 5.74) is 1.52. The first-order valence-corrected chi connectivity index (χ1v) is 6.59. The van der Waals surface area contributed by atoms with Crippen LogP contribution in [0.15, 0.2) is 16.8 Å². The summed E-state index contributed by atoms with van der Waals surface area (Å²) in [4.78, 5) is 12.7. The standard InChI is InChI=1S/C12H13N5O3/c18-17(19)10-2-1-9(11-12(10)15-20-14-11)16-5-7-3-13-4-8(7)6-16/h1-2,7-8,13H,3-6H2/t7-,8+. The highest BCUT2D eigenvalue weighted by molar-refractivity contribution is 5.93. The first-order chi connectivity index (χ1) is 9.74. The van der Waals surface area contributed by atoms with Gasteiger partial charge < -0.3 is 10.2 Å². The highest BCUT2D eigenvalue weighted by atomic mass is 16.6. The Hall–Kier alpha value is -2.22. The topological polar surface area (TPSA) is 97.3 Å². The molecule has 8 heteroatoms. The van der Waals surface area contributed by atoms with E-state index in [2.05, 4.69) is 20.5 Å². The molecule has 3 heterocycles. The average Bonchev–Trinajstić information content (AvgIpc) is 3.11. The SMILES string of the molecule is O=[N+]([O-])c1ccc(N2C[C@H]3CNC[C@H]3C2)c2nonc12. The Morgan fingerprint density at radius 1 is 1.25 bits per heavy atom. The second-order valence-electron chi connectivity index (χ2n) is 5.41. The molecule has 2 saturated heterocycles. The number of hydrogen-bond acceptors (Lipinski definition) is 7. The number of anilines is 1. The lowest BCUT2D eigenvalue weighted by Crippen LogP contribution is -2.25. The fourth-order valence-electron chi connectivity index (χ4n) is 3.30. The highest BCUT2D eigenvalue weighted by Crippen LogP contribution is 2.36. The van der Waals surface area contributed by atoms with Gasteiger partial charge in [-0.05, 0) is 28.2 Å². The maximum atomic E-state index is 11.0. The van der Waals surface area contributed by atoms with Crippen molar-refractivity contribution in [3.63, 3.8) is 0 Å². The van der Waals surface area contributed by atoms with E-state index in [4.69, 9.17) is 4.63 Å². The molecule has 0 unspecified atom stereocenters. The van der Waals surface area contributed by atoms with Crippen LogP contribution in [0, 0.1) is 22.0 Å². The van der Waals surface area contributed by atoms with E-state index in [0.717, 1.165) is 31.9 Å².